The molecule has 2 aromatic rings. The molecular weight excluding hydrogens is 467 g/mol. The molecule has 30 heavy (non-hydrogen) atoms. The summed E-state index contributed by atoms with van der Waals surface area (Å²) >= 11 is 2.37. The zero-order chi connectivity index (χ0) is 19.3. The first-order valence-corrected chi connectivity index (χ1v) is 11.2. The molecule has 160 valence electrons. The van der Waals surface area contributed by atoms with E-state index in [2.05, 4.69) is 108 Å². The van der Waals surface area contributed by atoms with Gasteiger partial charge in [-0.3, -0.25) is 0 Å². The van der Waals surface area contributed by atoms with Crippen molar-refractivity contribution in [1.29, 1.82) is 0 Å². The molecule has 1 aliphatic rings. The topological polar surface area (TPSA) is 0 Å². The van der Waals surface area contributed by atoms with E-state index in [9.17, 15) is 0 Å². The Morgan fingerprint density at radius 2 is 1.37 bits per heavy atom. The van der Waals surface area contributed by atoms with Crippen LogP contribution in [0.2, 0.25) is 0 Å². The van der Waals surface area contributed by atoms with Gasteiger partial charge in [0.15, 0.2) is 0 Å². The molecule has 0 heterocycles. The second-order valence-electron chi connectivity index (χ2n) is 7.77. The standard InChI is InChI=1S/C26H31.3ClH.Ti/c1-4-6-19-26(23-13-9-7-10-14-23,24-15-11-8-12-16-24)25-18-17-22(20-25)21(3)5-2;;;;/h7-17,21H,4-6,18-19H2,1-3H3;3*1H;/q;;;;+3/p-3. The summed E-state index contributed by atoms with van der Waals surface area (Å²) in [5, 5.41) is 0. The zero-order valence-corrected chi connectivity index (χ0v) is 21.9. The number of hydrogen-bond donors (Lipinski definition) is 0. The smallest absolute Gasteiger partial charge is 1.00 e. The van der Waals surface area contributed by atoms with Gasteiger partial charge < -0.3 is 37.2 Å². The van der Waals surface area contributed by atoms with Gasteiger partial charge in [0.25, 0.3) is 0 Å². The molecule has 1 aliphatic carbocycles. The van der Waals surface area contributed by atoms with Gasteiger partial charge in [-0.2, -0.15) is 0 Å². The number of halogens is 3. The van der Waals surface area contributed by atoms with Crippen LogP contribution in [0.5, 0.6) is 0 Å². The molecule has 0 amide bonds. The van der Waals surface area contributed by atoms with Gasteiger partial charge in [-0.15, -0.1) is 0 Å². The monoisotopic (exact) mass is 496 g/mol. The fourth-order valence-corrected chi connectivity index (χ4v) is 5.52. The number of unbranched alkanes of at least 4 members (excludes halogenated alkanes) is 1. The summed E-state index contributed by atoms with van der Waals surface area (Å²) in [6.07, 6.45) is 8.42. The Bertz CT molecular complexity index is 773. The maximum Gasteiger partial charge on any atom is -1.00 e. The minimum absolute atomic E-state index is 0. The van der Waals surface area contributed by atoms with E-state index in [0.29, 0.717) is 5.92 Å². The Kier molecular flexibility index (Phi) is 13.6. The Morgan fingerprint density at radius 1 is 0.867 bits per heavy atom. The molecule has 1 unspecified atom stereocenters. The van der Waals surface area contributed by atoms with Crippen molar-refractivity contribution in [1.82, 2.24) is 0 Å². The second kappa shape index (κ2) is 13.8. The fraction of sp³-hybridized carbons (Fsp3) is 0.385. The largest absolute Gasteiger partial charge is 1.00 e. The first-order chi connectivity index (χ1) is 13.1. The summed E-state index contributed by atoms with van der Waals surface area (Å²) in [6.45, 7) is 6.98. The van der Waals surface area contributed by atoms with Gasteiger partial charge in [-0.05, 0) is 0 Å². The van der Waals surface area contributed by atoms with Gasteiger partial charge in [-0.1, -0.05) is 0 Å². The van der Waals surface area contributed by atoms with Crippen LogP contribution in [0.4, 0.5) is 0 Å². The maximum absolute atomic E-state index is 2.51. The SMILES string of the molecule is CCCCC(C1=[C]([Ti+3])C(C(C)CC)=CC1)(c1ccccc1)c1ccccc1.[Cl-].[Cl-].[Cl-]. The average molecular weight is 498 g/mol. The minimum Gasteiger partial charge on any atom is -1.00 e. The number of rotatable bonds is 8. The molecule has 1 atom stereocenters. The molecule has 0 aromatic heterocycles. The van der Waals surface area contributed by atoms with Gasteiger partial charge >= 0.3 is 178 Å². The van der Waals surface area contributed by atoms with Gasteiger partial charge in [-0.25, -0.2) is 0 Å². The van der Waals surface area contributed by atoms with Crippen LogP contribution in [0.1, 0.15) is 64.0 Å². The number of benzene rings is 2. The average Bonchev–Trinajstić information content (AvgIpc) is 3.11. The molecule has 0 saturated carbocycles. The van der Waals surface area contributed by atoms with Gasteiger partial charge in [0.2, 0.25) is 0 Å². The van der Waals surface area contributed by atoms with Crippen LogP contribution < -0.4 is 37.2 Å². The molecule has 2 aromatic carbocycles. The van der Waals surface area contributed by atoms with Gasteiger partial charge in [0, 0.05) is 0 Å². The van der Waals surface area contributed by atoms with Crippen LogP contribution >= 0.6 is 0 Å². The third-order valence-electron chi connectivity index (χ3n) is 6.21. The van der Waals surface area contributed by atoms with Crippen LogP contribution in [-0.4, -0.2) is 0 Å². The van der Waals surface area contributed by atoms with Crippen LogP contribution in [0.3, 0.4) is 0 Å². The quantitative estimate of drug-likeness (QED) is 0.384. The summed E-state index contributed by atoms with van der Waals surface area (Å²) in [5.41, 5.74) is 6.05. The molecule has 0 radical (unpaired) electrons. The van der Waals surface area contributed by atoms with E-state index in [1.165, 1.54) is 40.7 Å². The summed E-state index contributed by atoms with van der Waals surface area (Å²) in [4.78, 5) is 0. The van der Waals surface area contributed by atoms with Crippen molar-refractivity contribution < 1.29 is 57.7 Å². The van der Waals surface area contributed by atoms with E-state index in [-0.39, 0.29) is 42.6 Å². The van der Waals surface area contributed by atoms with E-state index in [0.717, 1.165) is 6.42 Å². The molecule has 0 aliphatic heterocycles. The summed E-state index contributed by atoms with van der Waals surface area (Å²) < 4.78 is 1.54. The van der Waals surface area contributed by atoms with Crippen LogP contribution in [0.15, 0.2) is 81.8 Å². The minimum atomic E-state index is -0.0195. The summed E-state index contributed by atoms with van der Waals surface area (Å²) in [6, 6.07) is 22.4. The molecule has 0 spiro atoms. The van der Waals surface area contributed by atoms with E-state index in [1.54, 1.807) is 11.1 Å². The molecule has 3 rings (SSSR count). The van der Waals surface area contributed by atoms with Crippen molar-refractivity contribution in [3.05, 3.63) is 92.9 Å². The molecule has 0 nitrogen and oxygen atoms in total. The van der Waals surface area contributed by atoms with E-state index >= 15 is 0 Å². The van der Waals surface area contributed by atoms with E-state index in [4.69, 9.17) is 0 Å². The Balaban J connectivity index is 0.00000280. The number of hydrogen-bond acceptors (Lipinski definition) is 0. The first kappa shape index (κ1) is 29.5. The predicted octanol–water partition coefficient (Wildman–Crippen LogP) is -1.65. The van der Waals surface area contributed by atoms with Crippen molar-refractivity contribution in [2.45, 2.75) is 58.3 Å². The van der Waals surface area contributed by atoms with Crippen molar-refractivity contribution in [2.75, 3.05) is 0 Å². The normalized spacial score (nSPS) is 14.2. The fourth-order valence-electron chi connectivity index (χ4n) is 4.49. The third kappa shape index (κ3) is 5.84. The number of allylic oxidation sites excluding steroid dienone is 4. The predicted molar refractivity (Wildman–Crippen MR) is 112 cm³/mol. The van der Waals surface area contributed by atoms with Crippen molar-refractivity contribution in [2.24, 2.45) is 5.92 Å². The van der Waals surface area contributed by atoms with Gasteiger partial charge in [0.1, 0.15) is 0 Å². The third-order valence-corrected chi connectivity index (χ3v) is 7.14. The van der Waals surface area contributed by atoms with Crippen LogP contribution in [0, 0.1) is 5.92 Å². The Morgan fingerprint density at radius 3 is 1.80 bits per heavy atom. The van der Waals surface area contributed by atoms with Crippen molar-refractivity contribution in [3.8, 4) is 0 Å². The molecule has 0 N–H and O–H groups in total. The maximum atomic E-state index is 2.51. The Labute approximate surface area is 213 Å². The molecule has 0 bridgehead atoms. The molecular formula is C26H31Cl3Ti. The molecule has 4 heteroatoms. The second-order valence-corrected chi connectivity index (χ2v) is 8.55. The van der Waals surface area contributed by atoms with E-state index in [1.807, 2.05) is 0 Å². The van der Waals surface area contributed by atoms with Crippen molar-refractivity contribution in [3.63, 3.8) is 0 Å². The molecule has 0 fully saturated rings. The van der Waals surface area contributed by atoms with Gasteiger partial charge in [0.05, 0.1) is 0 Å². The summed E-state index contributed by atoms with van der Waals surface area (Å²) in [7, 11) is 0. The van der Waals surface area contributed by atoms with Crippen LogP contribution in [0.25, 0.3) is 0 Å². The van der Waals surface area contributed by atoms with Crippen LogP contribution in [-0.2, 0) is 25.9 Å². The Hall–Kier alpha value is -0.496. The van der Waals surface area contributed by atoms with Crippen molar-refractivity contribution >= 4 is 0 Å². The van der Waals surface area contributed by atoms with E-state index < -0.39 is 0 Å². The first-order valence-electron chi connectivity index (χ1n) is 10.4. The molecule has 0 saturated heterocycles. The summed E-state index contributed by atoms with van der Waals surface area (Å²) in [5.74, 6) is 0.637. The zero-order valence-electron chi connectivity index (χ0n) is 18.1.